The number of rotatable bonds is 2. The van der Waals surface area contributed by atoms with Crippen molar-refractivity contribution in [3.8, 4) is 0 Å². The monoisotopic (exact) mass is 333 g/mol. The SMILES string of the molecule is CNC1=CCN(C)C(c2ccc(C(F)(F)F)cc2)c2cnccc21. The summed E-state index contributed by atoms with van der Waals surface area (Å²) < 4.78 is 38.4. The van der Waals surface area contributed by atoms with E-state index in [2.05, 4.69) is 21.3 Å². The second-order valence-electron chi connectivity index (χ2n) is 5.79. The molecule has 1 aromatic carbocycles. The molecule has 0 aliphatic carbocycles. The smallest absolute Gasteiger partial charge is 0.388 e. The largest absolute Gasteiger partial charge is 0.416 e. The van der Waals surface area contributed by atoms with Gasteiger partial charge in [-0.3, -0.25) is 9.88 Å². The zero-order valence-electron chi connectivity index (χ0n) is 13.4. The Labute approximate surface area is 138 Å². The summed E-state index contributed by atoms with van der Waals surface area (Å²) >= 11 is 0. The summed E-state index contributed by atoms with van der Waals surface area (Å²) in [6, 6.07) is 7.13. The predicted octanol–water partition coefficient (Wildman–Crippen LogP) is 3.70. The van der Waals surface area contributed by atoms with E-state index in [9.17, 15) is 13.2 Å². The zero-order chi connectivity index (χ0) is 17.3. The Kier molecular flexibility index (Phi) is 4.32. The standard InChI is InChI=1S/C18H18F3N3/c1-22-16-8-10-24(2)17(15-11-23-9-7-14(15)16)12-3-5-13(6-4-12)18(19,20)21/h3-9,11,17,22H,10H2,1-2H3. The van der Waals surface area contributed by atoms with Crippen molar-refractivity contribution in [2.75, 3.05) is 20.6 Å². The minimum Gasteiger partial charge on any atom is -0.388 e. The number of aromatic nitrogens is 1. The number of benzene rings is 1. The van der Waals surface area contributed by atoms with Gasteiger partial charge in [-0.15, -0.1) is 0 Å². The number of fused-ring (bicyclic) bond motifs is 1. The third-order valence-corrected chi connectivity index (χ3v) is 4.28. The first kappa shape index (κ1) is 16.5. The Morgan fingerprint density at radius 1 is 1.17 bits per heavy atom. The van der Waals surface area contributed by atoms with E-state index in [1.54, 1.807) is 24.5 Å². The molecule has 6 heteroatoms. The molecular weight excluding hydrogens is 315 g/mol. The third-order valence-electron chi connectivity index (χ3n) is 4.28. The summed E-state index contributed by atoms with van der Waals surface area (Å²) in [6.07, 6.45) is 1.25. The highest BCUT2D eigenvalue weighted by Gasteiger charge is 2.31. The molecule has 2 aromatic rings. The molecule has 1 N–H and O–H groups in total. The number of nitrogens with one attached hydrogen (secondary N) is 1. The average molecular weight is 333 g/mol. The molecule has 0 radical (unpaired) electrons. The van der Waals surface area contributed by atoms with Crippen molar-refractivity contribution in [3.63, 3.8) is 0 Å². The number of likely N-dealkylation sites (N-methyl/N-ethyl adjacent to an activating group) is 1. The van der Waals surface area contributed by atoms with Crippen molar-refractivity contribution in [2.24, 2.45) is 0 Å². The number of pyridine rings is 1. The van der Waals surface area contributed by atoms with Crippen LogP contribution in [0, 0.1) is 0 Å². The van der Waals surface area contributed by atoms with Crippen LogP contribution in [0.1, 0.15) is 28.3 Å². The number of hydrogen-bond acceptors (Lipinski definition) is 3. The summed E-state index contributed by atoms with van der Waals surface area (Å²) in [7, 11) is 3.81. The first-order chi connectivity index (χ1) is 11.4. The van der Waals surface area contributed by atoms with E-state index in [1.165, 1.54) is 0 Å². The quantitative estimate of drug-likeness (QED) is 0.908. The first-order valence-electron chi connectivity index (χ1n) is 7.61. The predicted molar refractivity (Wildman–Crippen MR) is 87.2 cm³/mol. The summed E-state index contributed by atoms with van der Waals surface area (Å²) in [5, 5.41) is 3.18. The number of alkyl halides is 3. The van der Waals surface area contributed by atoms with Crippen LogP contribution in [-0.2, 0) is 6.18 Å². The van der Waals surface area contributed by atoms with Crippen LogP contribution in [0.5, 0.6) is 0 Å². The fourth-order valence-electron chi connectivity index (χ4n) is 3.08. The van der Waals surface area contributed by atoms with Gasteiger partial charge in [0.25, 0.3) is 0 Å². The van der Waals surface area contributed by atoms with Gasteiger partial charge in [-0.05, 0) is 36.9 Å². The van der Waals surface area contributed by atoms with Gasteiger partial charge >= 0.3 is 6.18 Å². The number of hydrogen-bond donors (Lipinski definition) is 1. The minimum absolute atomic E-state index is 0.155. The number of nitrogens with zero attached hydrogens (tertiary/aromatic N) is 2. The highest BCUT2D eigenvalue weighted by Crippen LogP contribution is 2.36. The minimum atomic E-state index is -4.33. The van der Waals surface area contributed by atoms with Gasteiger partial charge in [0.1, 0.15) is 0 Å². The second kappa shape index (κ2) is 6.28. The number of halogens is 3. The van der Waals surface area contributed by atoms with Crippen molar-refractivity contribution < 1.29 is 13.2 Å². The zero-order valence-corrected chi connectivity index (χ0v) is 13.4. The van der Waals surface area contributed by atoms with Crippen LogP contribution < -0.4 is 5.32 Å². The Hall–Kier alpha value is -2.34. The van der Waals surface area contributed by atoms with Gasteiger partial charge in [0.05, 0.1) is 11.6 Å². The van der Waals surface area contributed by atoms with Gasteiger partial charge in [-0.2, -0.15) is 13.2 Å². The molecule has 1 aromatic heterocycles. The molecule has 1 aliphatic heterocycles. The highest BCUT2D eigenvalue weighted by molar-refractivity contribution is 5.68. The van der Waals surface area contributed by atoms with Crippen LogP contribution in [-0.4, -0.2) is 30.5 Å². The topological polar surface area (TPSA) is 28.2 Å². The molecule has 0 saturated heterocycles. The van der Waals surface area contributed by atoms with E-state index in [-0.39, 0.29) is 6.04 Å². The Morgan fingerprint density at radius 2 is 1.88 bits per heavy atom. The third kappa shape index (κ3) is 3.01. The molecule has 0 fully saturated rings. The van der Waals surface area contributed by atoms with Gasteiger partial charge in [-0.1, -0.05) is 12.1 Å². The van der Waals surface area contributed by atoms with Crippen molar-refractivity contribution in [1.29, 1.82) is 0 Å². The van der Waals surface area contributed by atoms with E-state index in [0.717, 1.165) is 34.5 Å². The normalized spacial score (nSPS) is 18.5. The fraction of sp³-hybridized carbons (Fsp3) is 0.278. The molecule has 126 valence electrons. The lowest BCUT2D eigenvalue weighted by Gasteiger charge is -2.27. The molecule has 3 rings (SSSR count). The Balaban J connectivity index is 2.07. The van der Waals surface area contributed by atoms with Gasteiger partial charge < -0.3 is 5.32 Å². The molecule has 1 atom stereocenters. The van der Waals surface area contributed by atoms with Crippen molar-refractivity contribution in [2.45, 2.75) is 12.2 Å². The molecule has 0 amide bonds. The van der Waals surface area contributed by atoms with Gasteiger partial charge in [0, 0.05) is 42.8 Å². The van der Waals surface area contributed by atoms with Gasteiger partial charge in [-0.25, -0.2) is 0 Å². The van der Waals surface area contributed by atoms with Crippen molar-refractivity contribution >= 4 is 5.70 Å². The van der Waals surface area contributed by atoms with E-state index in [1.807, 2.05) is 20.2 Å². The Bertz CT molecular complexity index is 751. The molecule has 0 spiro atoms. The van der Waals surface area contributed by atoms with E-state index < -0.39 is 11.7 Å². The average Bonchev–Trinajstić information content (AvgIpc) is 2.70. The summed E-state index contributed by atoms with van der Waals surface area (Å²) in [5.74, 6) is 0. The Morgan fingerprint density at radius 3 is 2.50 bits per heavy atom. The van der Waals surface area contributed by atoms with E-state index in [4.69, 9.17) is 0 Å². The van der Waals surface area contributed by atoms with Crippen LogP contribution in [0.3, 0.4) is 0 Å². The van der Waals surface area contributed by atoms with Crippen molar-refractivity contribution in [3.05, 3.63) is 71.1 Å². The maximum absolute atomic E-state index is 12.8. The highest BCUT2D eigenvalue weighted by atomic mass is 19.4. The molecule has 3 nitrogen and oxygen atoms in total. The molecule has 2 heterocycles. The van der Waals surface area contributed by atoms with Crippen molar-refractivity contribution in [1.82, 2.24) is 15.2 Å². The molecule has 1 unspecified atom stereocenters. The maximum atomic E-state index is 12.8. The van der Waals surface area contributed by atoms with Crippen LogP contribution in [0.2, 0.25) is 0 Å². The maximum Gasteiger partial charge on any atom is 0.416 e. The molecule has 1 aliphatic rings. The lowest BCUT2D eigenvalue weighted by Crippen LogP contribution is -2.25. The second-order valence-corrected chi connectivity index (χ2v) is 5.79. The van der Waals surface area contributed by atoms with E-state index in [0.29, 0.717) is 6.54 Å². The molecule has 0 saturated carbocycles. The van der Waals surface area contributed by atoms with Crippen LogP contribution in [0.25, 0.3) is 5.70 Å². The molecule has 24 heavy (non-hydrogen) atoms. The first-order valence-corrected chi connectivity index (χ1v) is 7.61. The van der Waals surface area contributed by atoms with Crippen LogP contribution in [0.15, 0.2) is 48.8 Å². The van der Waals surface area contributed by atoms with Crippen LogP contribution in [0.4, 0.5) is 13.2 Å². The van der Waals surface area contributed by atoms with Gasteiger partial charge in [0.15, 0.2) is 0 Å². The molecule has 0 bridgehead atoms. The summed E-state index contributed by atoms with van der Waals surface area (Å²) in [4.78, 5) is 6.30. The van der Waals surface area contributed by atoms with Gasteiger partial charge in [0.2, 0.25) is 0 Å². The molecular formula is C18H18F3N3. The van der Waals surface area contributed by atoms with Crippen LogP contribution >= 0.6 is 0 Å². The summed E-state index contributed by atoms with van der Waals surface area (Å²) in [5.41, 5.74) is 3.15. The fourth-order valence-corrected chi connectivity index (χ4v) is 3.08. The van der Waals surface area contributed by atoms with E-state index >= 15 is 0 Å². The lowest BCUT2D eigenvalue weighted by atomic mass is 9.94. The lowest BCUT2D eigenvalue weighted by molar-refractivity contribution is -0.137. The summed E-state index contributed by atoms with van der Waals surface area (Å²) in [6.45, 7) is 0.677.